The minimum atomic E-state index is -0.383. The minimum absolute atomic E-state index is 0.168. The van der Waals surface area contributed by atoms with E-state index in [0.29, 0.717) is 30.9 Å². The lowest BCUT2D eigenvalue weighted by Crippen LogP contribution is -2.25. The zero-order valence-corrected chi connectivity index (χ0v) is 13.3. The zero-order chi connectivity index (χ0) is 16.7. The number of amides is 1. The number of halogens is 1. The third kappa shape index (κ3) is 4.71. The van der Waals surface area contributed by atoms with Crippen LogP contribution < -0.4 is 14.8 Å². The van der Waals surface area contributed by atoms with E-state index in [1.807, 2.05) is 6.92 Å². The Morgan fingerprint density at radius 3 is 2.52 bits per heavy atom. The van der Waals surface area contributed by atoms with Crippen molar-refractivity contribution in [3.05, 3.63) is 59.4 Å². The number of carbonyl (C=O) groups is 1. The first kappa shape index (κ1) is 16.8. The Balaban J connectivity index is 1.86. The van der Waals surface area contributed by atoms with Gasteiger partial charge in [-0.3, -0.25) is 4.79 Å². The number of hydrogen-bond acceptors (Lipinski definition) is 3. The maximum absolute atomic E-state index is 13.7. The quantitative estimate of drug-likeness (QED) is 0.853. The van der Waals surface area contributed by atoms with Crippen molar-refractivity contribution < 1.29 is 18.7 Å². The lowest BCUT2D eigenvalue weighted by atomic mass is 10.1. The van der Waals surface area contributed by atoms with Crippen molar-refractivity contribution in [1.29, 1.82) is 0 Å². The summed E-state index contributed by atoms with van der Waals surface area (Å²) in [6.45, 7) is 2.66. The molecule has 23 heavy (non-hydrogen) atoms. The molecule has 4 nitrogen and oxygen atoms in total. The highest BCUT2D eigenvalue weighted by Gasteiger charge is 2.07. The topological polar surface area (TPSA) is 47.6 Å². The summed E-state index contributed by atoms with van der Waals surface area (Å²) in [5.74, 6) is 0.398. The number of nitrogens with one attached hydrogen (secondary N) is 1. The summed E-state index contributed by atoms with van der Waals surface area (Å²) in [5, 5.41) is 2.81. The van der Waals surface area contributed by atoms with Gasteiger partial charge in [0.25, 0.3) is 5.91 Å². The second kappa shape index (κ2) is 8.17. The van der Waals surface area contributed by atoms with Gasteiger partial charge in [-0.25, -0.2) is 4.39 Å². The number of carbonyl (C=O) groups excluding carboxylic acids is 1. The van der Waals surface area contributed by atoms with E-state index in [1.165, 1.54) is 6.07 Å². The van der Waals surface area contributed by atoms with Crippen molar-refractivity contribution in [2.75, 3.05) is 20.3 Å². The second-order valence-corrected chi connectivity index (χ2v) is 4.93. The molecule has 0 unspecified atom stereocenters. The number of methoxy groups -OCH3 is 1. The monoisotopic (exact) mass is 317 g/mol. The first-order valence-electron chi connectivity index (χ1n) is 7.47. The number of hydrogen-bond donors (Lipinski definition) is 1. The summed E-state index contributed by atoms with van der Waals surface area (Å²) in [5.41, 5.74) is 1.37. The number of benzene rings is 2. The van der Waals surface area contributed by atoms with Crippen molar-refractivity contribution in [2.45, 2.75) is 13.3 Å². The molecule has 5 heteroatoms. The molecule has 2 rings (SSSR count). The molecule has 0 aliphatic carbocycles. The minimum Gasteiger partial charge on any atom is -0.497 e. The molecule has 0 saturated heterocycles. The van der Waals surface area contributed by atoms with Crippen LogP contribution in [0.5, 0.6) is 11.5 Å². The summed E-state index contributed by atoms with van der Waals surface area (Å²) in [4.78, 5) is 12.0. The van der Waals surface area contributed by atoms with Gasteiger partial charge in [0.05, 0.1) is 13.7 Å². The molecule has 0 radical (unpaired) electrons. The lowest BCUT2D eigenvalue weighted by molar-refractivity contribution is 0.0954. The molecule has 0 aliphatic heterocycles. The van der Waals surface area contributed by atoms with Crippen molar-refractivity contribution in [3.8, 4) is 11.5 Å². The molecule has 0 fully saturated rings. The highest BCUT2D eigenvalue weighted by molar-refractivity contribution is 5.94. The fourth-order valence-corrected chi connectivity index (χ4v) is 2.14. The number of ether oxygens (including phenoxy) is 2. The third-order valence-electron chi connectivity index (χ3n) is 3.35. The average molecular weight is 317 g/mol. The smallest absolute Gasteiger partial charge is 0.251 e. The van der Waals surface area contributed by atoms with Gasteiger partial charge < -0.3 is 14.8 Å². The van der Waals surface area contributed by atoms with Gasteiger partial charge in [-0.15, -0.1) is 0 Å². The highest BCUT2D eigenvalue weighted by atomic mass is 19.1. The molecule has 0 atom stereocenters. The van der Waals surface area contributed by atoms with Gasteiger partial charge in [0.2, 0.25) is 0 Å². The third-order valence-corrected chi connectivity index (χ3v) is 3.35. The van der Waals surface area contributed by atoms with E-state index in [1.54, 1.807) is 43.5 Å². The summed E-state index contributed by atoms with van der Waals surface area (Å²) in [6.07, 6.45) is 0.547. The first-order chi connectivity index (χ1) is 11.1. The Morgan fingerprint density at radius 1 is 1.17 bits per heavy atom. The number of rotatable bonds is 7. The van der Waals surface area contributed by atoms with E-state index in [2.05, 4.69) is 5.32 Å². The lowest BCUT2D eigenvalue weighted by Gasteiger charge is -2.08. The fraction of sp³-hybridized carbons (Fsp3) is 0.278. The molecule has 2 aromatic carbocycles. The van der Waals surface area contributed by atoms with Crippen LogP contribution in [0, 0.1) is 5.82 Å². The van der Waals surface area contributed by atoms with Crippen LogP contribution in [0.15, 0.2) is 42.5 Å². The van der Waals surface area contributed by atoms with Crippen LogP contribution in [0.25, 0.3) is 0 Å². The summed E-state index contributed by atoms with van der Waals surface area (Å²) in [7, 11) is 1.57. The molecule has 2 aromatic rings. The van der Waals surface area contributed by atoms with Gasteiger partial charge in [-0.2, -0.15) is 0 Å². The van der Waals surface area contributed by atoms with Crippen molar-refractivity contribution >= 4 is 5.91 Å². The van der Waals surface area contributed by atoms with Crippen LogP contribution >= 0.6 is 0 Å². The molecular weight excluding hydrogens is 297 g/mol. The molecular formula is C18H20FNO3. The summed E-state index contributed by atoms with van der Waals surface area (Å²) >= 11 is 0. The molecule has 0 aliphatic rings. The second-order valence-electron chi connectivity index (χ2n) is 4.93. The maximum atomic E-state index is 13.7. The molecule has 0 bridgehead atoms. The molecule has 0 saturated carbocycles. The fourth-order valence-electron chi connectivity index (χ4n) is 2.14. The van der Waals surface area contributed by atoms with E-state index in [4.69, 9.17) is 9.47 Å². The Morgan fingerprint density at radius 2 is 1.91 bits per heavy atom. The maximum Gasteiger partial charge on any atom is 0.251 e. The average Bonchev–Trinajstić information content (AvgIpc) is 2.57. The van der Waals surface area contributed by atoms with Crippen LogP contribution in [0.4, 0.5) is 4.39 Å². The van der Waals surface area contributed by atoms with Crippen LogP contribution in [0.3, 0.4) is 0 Å². The van der Waals surface area contributed by atoms with Crippen LogP contribution in [-0.4, -0.2) is 26.2 Å². The van der Waals surface area contributed by atoms with Gasteiger partial charge in [0.1, 0.15) is 5.75 Å². The van der Waals surface area contributed by atoms with Crippen molar-refractivity contribution in [3.63, 3.8) is 0 Å². The summed E-state index contributed by atoms with van der Waals surface area (Å²) < 4.78 is 23.9. The Kier molecular flexibility index (Phi) is 5.97. The molecule has 1 amide bonds. The normalized spacial score (nSPS) is 10.2. The molecule has 0 heterocycles. The molecule has 1 N–H and O–H groups in total. The van der Waals surface area contributed by atoms with Gasteiger partial charge in [0, 0.05) is 12.1 Å². The Labute approximate surface area is 135 Å². The van der Waals surface area contributed by atoms with Crippen LogP contribution in [-0.2, 0) is 6.42 Å². The first-order valence-corrected chi connectivity index (χ1v) is 7.47. The van der Waals surface area contributed by atoms with Crippen LogP contribution in [0.2, 0.25) is 0 Å². The molecule has 0 aromatic heterocycles. The standard InChI is InChI=1S/C18H20FNO3/c1-3-23-17-9-4-13(12-16(17)19)10-11-20-18(21)14-5-7-15(22-2)8-6-14/h4-9,12H,3,10-11H2,1-2H3,(H,20,21). The predicted octanol–water partition coefficient (Wildman–Crippen LogP) is 3.21. The van der Waals surface area contributed by atoms with Gasteiger partial charge in [-0.1, -0.05) is 6.07 Å². The SMILES string of the molecule is CCOc1ccc(CCNC(=O)c2ccc(OC)cc2)cc1F. The van der Waals surface area contributed by atoms with E-state index in [0.717, 1.165) is 5.56 Å². The van der Waals surface area contributed by atoms with E-state index >= 15 is 0 Å². The van der Waals surface area contributed by atoms with E-state index in [9.17, 15) is 9.18 Å². The van der Waals surface area contributed by atoms with E-state index in [-0.39, 0.29) is 17.5 Å². The van der Waals surface area contributed by atoms with Crippen molar-refractivity contribution in [2.24, 2.45) is 0 Å². The highest BCUT2D eigenvalue weighted by Crippen LogP contribution is 2.18. The Bertz CT molecular complexity index is 656. The molecule has 0 spiro atoms. The van der Waals surface area contributed by atoms with Crippen LogP contribution in [0.1, 0.15) is 22.8 Å². The largest absolute Gasteiger partial charge is 0.497 e. The van der Waals surface area contributed by atoms with Crippen molar-refractivity contribution in [1.82, 2.24) is 5.32 Å². The van der Waals surface area contributed by atoms with Gasteiger partial charge in [-0.05, 0) is 55.3 Å². The molecule has 122 valence electrons. The zero-order valence-electron chi connectivity index (χ0n) is 13.3. The van der Waals surface area contributed by atoms with Gasteiger partial charge >= 0.3 is 0 Å². The van der Waals surface area contributed by atoms with E-state index < -0.39 is 0 Å². The predicted molar refractivity (Wildman–Crippen MR) is 86.6 cm³/mol. The Hall–Kier alpha value is -2.56. The summed E-state index contributed by atoms with van der Waals surface area (Å²) in [6, 6.07) is 11.7. The van der Waals surface area contributed by atoms with Gasteiger partial charge in [0.15, 0.2) is 11.6 Å².